The molecule has 0 saturated heterocycles. The van der Waals surface area contributed by atoms with Gasteiger partial charge in [-0.1, -0.05) is 134 Å². The van der Waals surface area contributed by atoms with Crippen LogP contribution in [0.4, 0.5) is 0 Å². The standard InChI is InChI=1S/C43H79NO7/c1-6-8-10-12-14-16-17-18-19-20-21-22-23-24-25-26-28-30-32-34-42(46)51-39(37-49-36-35-40(43(47)48)44(3,4)5)38-50-41(45)33-31-29-27-15-13-11-9-7-2/h20-21,27,29,39-40H,6-19,22-26,28,30-38H2,1-5H3/b21-20+,29-27+. The van der Waals surface area contributed by atoms with E-state index in [1.807, 2.05) is 6.08 Å². The maximum absolute atomic E-state index is 12.7. The van der Waals surface area contributed by atoms with Gasteiger partial charge in [-0.15, -0.1) is 0 Å². The fourth-order valence-electron chi connectivity index (χ4n) is 6.02. The molecule has 298 valence electrons. The van der Waals surface area contributed by atoms with Crippen LogP contribution < -0.4 is 5.11 Å². The topological polar surface area (TPSA) is 102 Å². The fraction of sp³-hybridized carbons (Fsp3) is 0.837. The number of carbonyl (C=O) groups is 3. The number of nitrogens with zero attached hydrogens (tertiary/aromatic N) is 1. The van der Waals surface area contributed by atoms with E-state index in [1.54, 1.807) is 21.1 Å². The van der Waals surface area contributed by atoms with E-state index in [1.165, 1.54) is 109 Å². The molecule has 0 saturated carbocycles. The molecule has 0 heterocycles. The van der Waals surface area contributed by atoms with Crippen molar-refractivity contribution in [1.82, 2.24) is 0 Å². The molecule has 0 aromatic heterocycles. The zero-order chi connectivity index (χ0) is 37.8. The lowest BCUT2D eigenvalue weighted by Crippen LogP contribution is -2.55. The summed E-state index contributed by atoms with van der Waals surface area (Å²) < 4.78 is 17.0. The van der Waals surface area contributed by atoms with Crippen LogP contribution in [0.3, 0.4) is 0 Å². The molecule has 0 aromatic rings. The van der Waals surface area contributed by atoms with Crippen molar-refractivity contribution in [3.05, 3.63) is 24.3 Å². The molecule has 8 nitrogen and oxygen atoms in total. The molecule has 8 heteroatoms. The number of rotatable bonds is 37. The van der Waals surface area contributed by atoms with Gasteiger partial charge in [0, 0.05) is 19.3 Å². The summed E-state index contributed by atoms with van der Waals surface area (Å²) in [6, 6.07) is -0.727. The van der Waals surface area contributed by atoms with Gasteiger partial charge in [-0.25, -0.2) is 0 Å². The number of unbranched alkanes of at least 4 members (excludes halogenated alkanes) is 19. The molecule has 0 aromatic carbocycles. The van der Waals surface area contributed by atoms with Gasteiger partial charge in [0.05, 0.1) is 40.3 Å². The highest BCUT2D eigenvalue weighted by Gasteiger charge is 2.25. The van der Waals surface area contributed by atoms with Crippen LogP contribution in [-0.2, 0) is 28.6 Å². The molecule has 0 fully saturated rings. The van der Waals surface area contributed by atoms with Crippen LogP contribution in [0.2, 0.25) is 0 Å². The van der Waals surface area contributed by atoms with Crippen molar-refractivity contribution in [1.29, 1.82) is 0 Å². The number of quaternary nitrogens is 1. The Labute approximate surface area is 313 Å². The number of ether oxygens (including phenoxy) is 3. The maximum atomic E-state index is 12.7. The van der Waals surface area contributed by atoms with E-state index >= 15 is 0 Å². The highest BCUT2D eigenvalue weighted by atomic mass is 16.6. The summed E-state index contributed by atoms with van der Waals surface area (Å²) in [5, 5.41) is 11.6. The maximum Gasteiger partial charge on any atom is 0.306 e. The van der Waals surface area contributed by atoms with Gasteiger partial charge >= 0.3 is 11.9 Å². The molecule has 0 bridgehead atoms. The quantitative estimate of drug-likeness (QED) is 0.0273. The van der Waals surface area contributed by atoms with E-state index in [4.69, 9.17) is 14.2 Å². The normalized spacial score (nSPS) is 13.2. The Balaban J connectivity index is 4.30. The number of esters is 2. The van der Waals surface area contributed by atoms with Gasteiger partial charge in [-0.05, 0) is 51.4 Å². The minimum atomic E-state index is -1.13. The van der Waals surface area contributed by atoms with Crippen LogP contribution in [0.5, 0.6) is 0 Å². The zero-order valence-corrected chi connectivity index (χ0v) is 33.8. The first kappa shape index (κ1) is 48.8. The number of allylic oxidation sites excluding steroid dienone is 4. The predicted molar refractivity (Wildman–Crippen MR) is 208 cm³/mol. The van der Waals surface area contributed by atoms with Gasteiger partial charge in [-0.3, -0.25) is 9.59 Å². The molecule has 51 heavy (non-hydrogen) atoms. The number of hydrogen-bond acceptors (Lipinski definition) is 7. The number of hydrogen-bond donors (Lipinski definition) is 0. The number of carboxylic acid groups (broad SMARTS) is 1. The monoisotopic (exact) mass is 722 g/mol. The Bertz CT molecular complexity index is 895. The Morgan fingerprint density at radius 2 is 1.02 bits per heavy atom. The number of likely N-dealkylation sites (N-methyl/N-ethyl adjacent to an activating group) is 1. The van der Waals surface area contributed by atoms with Gasteiger partial charge in [0.2, 0.25) is 0 Å². The van der Waals surface area contributed by atoms with Crippen LogP contribution in [-0.4, -0.2) is 75.5 Å². The minimum Gasteiger partial charge on any atom is -0.544 e. The van der Waals surface area contributed by atoms with Crippen LogP contribution in [0.25, 0.3) is 0 Å². The van der Waals surface area contributed by atoms with Gasteiger partial charge in [0.1, 0.15) is 12.6 Å². The van der Waals surface area contributed by atoms with Crippen molar-refractivity contribution in [2.45, 2.75) is 193 Å². The van der Waals surface area contributed by atoms with Crippen molar-refractivity contribution in [3.63, 3.8) is 0 Å². The first-order valence-corrected chi connectivity index (χ1v) is 20.9. The second-order valence-electron chi connectivity index (χ2n) is 15.2. The molecule has 0 radical (unpaired) electrons. The highest BCUT2D eigenvalue weighted by molar-refractivity contribution is 5.70. The largest absolute Gasteiger partial charge is 0.544 e. The molecule has 0 N–H and O–H groups in total. The van der Waals surface area contributed by atoms with Gasteiger partial charge in [0.15, 0.2) is 6.10 Å². The van der Waals surface area contributed by atoms with Crippen LogP contribution in [0, 0.1) is 0 Å². The van der Waals surface area contributed by atoms with Gasteiger partial charge in [0.25, 0.3) is 0 Å². The van der Waals surface area contributed by atoms with E-state index in [0.717, 1.165) is 32.1 Å². The summed E-state index contributed by atoms with van der Waals surface area (Å²) in [6.45, 7) is 4.57. The molecule has 0 aliphatic carbocycles. The fourth-order valence-corrected chi connectivity index (χ4v) is 6.02. The first-order chi connectivity index (χ1) is 24.6. The summed E-state index contributed by atoms with van der Waals surface area (Å²) in [5.41, 5.74) is 0. The average Bonchev–Trinajstić information content (AvgIpc) is 3.08. The van der Waals surface area contributed by atoms with Crippen molar-refractivity contribution < 1.29 is 38.2 Å². The van der Waals surface area contributed by atoms with Gasteiger partial charge < -0.3 is 28.6 Å². The molecule has 0 amide bonds. The zero-order valence-electron chi connectivity index (χ0n) is 33.8. The molecule has 0 rings (SSSR count). The Morgan fingerprint density at radius 3 is 1.51 bits per heavy atom. The Hall–Kier alpha value is -2.19. The lowest BCUT2D eigenvalue weighted by atomic mass is 10.1. The number of carbonyl (C=O) groups excluding carboxylic acids is 3. The summed E-state index contributed by atoms with van der Waals surface area (Å²) in [5.74, 6) is -1.80. The van der Waals surface area contributed by atoms with Crippen LogP contribution in [0.1, 0.15) is 181 Å². The van der Waals surface area contributed by atoms with Crippen molar-refractivity contribution in [2.75, 3.05) is 41.0 Å². The summed E-state index contributed by atoms with van der Waals surface area (Å²) in [6.07, 6.45) is 36.6. The lowest BCUT2D eigenvalue weighted by Gasteiger charge is -2.34. The Kier molecular flexibility index (Phi) is 33.4. The summed E-state index contributed by atoms with van der Waals surface area (Å²) >= 11 is 0. The summed E-state index contributed by atoms with van der Waals surface area (Å²) in [4.78, 5) is 36.6. The second kappa shape index (κ2) is 34.9. The van der Waals surface area contributed by atoms with E-state index in [9.17, 15) is 19.5 Å². The summed E-state index contributed by atoms with van der Waals surface area (Å²) in [7, 11) is 5.39. The smallest absolute Gasteiger partial charge is 0.306 e. The molecular weight excluding hydrogens is 642 g/mol. The molecule has 0 aliphatic heterocycles. The molecule has 2 unspecified atom stereocenters. The SMILES string of the molecule is CCCCCC/C=C/CCC(=O)OCC(COCCC(C(=O)[O-])[N+](C)(C)C)OC(=O)CCCCCCCCC/C=C/CCCCCCCCCC. The number of aliphatic carboxylic acids is 1. The molecule has 0 spiro atoms. The molecule has 0 aliphatic rings. The molecule has 2 atom stereocenters. The van der Waals surface area contributed by atoms with E-state index in [-0.39, 0.29) is 49.1 Å². The third kappa shape index (κ3) is 33.4. The highest BCUT2D eigenvalue weighted by Crippen LogP contribution is 2.14. The predicted octanol–water partition coefficient (Wildman–Crippen LogP) is 9.58. The van der Waals surface area contributed by atoms with E-state index in [2.05, 4.69) is 32.1 Å². The van der Waals surface area contributed by atoms with Crippen molar-refractivity contribution >= 4 is 17.9 Å². The first-order valence-electron chi connectivity index (χ1n) is 20.9. The minimum absolute atomic E-state index is 0.0297. The van der Waals surface area contributed by atoms with Crippen LogP contribution >= 0.6 is 0 Å². The second-order valence-corrected chi connectivity index (χ2v) is 15.2. The van der Waals surface area contributed by atoms with E-state index in [0.29, 0.717) is 12.8 Å². The third-order valence-electron chi connectivity index (χ3n) is 9.32. The average molecular weight is 722 g/mol. The third-order valence-corrected chi connectivity index (χ3v) is 9.32. The van der Waals surface area contributed by atoms with Crippen molar-refractivity contribution in [2.24, 2.45) is 0 Å². The number of carboxylic acids is 1. The lowest BCUT2D eigenvalue weighted by molar-refractivity contribution is -0.889. The van der Waals surface area contributed by atoms with Gasteiger partial charge in [-0.2, -0.15) is 0 Å². The Morgan fingerprint density at radius 1 is 0.569 bits per heavy atom. The molecular formula is C43H79NO7. The van der Waals surface area contributed by atoms with E-state index < -0.39 is 18.1 Å². The van der Waals surface area contributed by atoms with Crippen LogP contribution in [0.15, 0.2) is 24.3 Å². The van der Waals surface area contributed by atoms with Crippen molar-refractivity contribution in [3.8, 4) is 0 Å².